The molecule has 2 N–H and O–H groups in total. The fraction of sp³-hybridized carbons (Fsp3) is 0.182. The molecule has 0 aliphatic heterocycles. The highest BCUT2D eigenvalue weighted by molar-refractivity contribution is 5.93. The number of alkyl halides is 3. The summed E-state index contributed by atoms with van der Waals surface area (Å²) < 4.78 is 31.1. The summed E-state index contributed by atoms with van der Waals surface area (Å²) in [5.41, 5.74) is 1.09. The molecule has 3 nitrogen and oxygen atoms in total. The van der Waals surface area contributed by atoms with Gasteiger partial charge in [0.15, 0.2) is 0 Å². The van der Waals surface area contributed by atoms with Gasteiger partial charge in [0.25, 0.3) is 0 Å². The monoisotopic (exact) mass is 245 g/mol. The normalized spacial score (nSPS) is 10.8. The summed E-state index contributed by atoms with van der Waals surface area (Å²) in [4.78, 5) is 13.3. The summed E-state index contributed by atoms with van der Waals surface area (Å²) >= 11 is 0. The van der Waals surface area contributed by atoms with Crippen LogP contribution in [0.3, 0.4) is 0 Å². The van der Waals surface area contributed by atoms with Crippen molar-refractivity contribution >= 4 is 16.9 Å². The van der Waals surface area contributed by atoms with Crippen molar-refractivity contribution in [1.29, 1.82) is 0 Å². The number of H-pyrrole nitrogens is 1. The molecule has 17 heavy (non-hydrogen) atoms. The molecule has 1 aromatic carbocycles. The van der Waals surface area contributed by atoms with Crippen LogP contribution in [-0.4, -0.2) is 22.2 Å². The minimum Gasteiger partial charge on any atom is -0.477 e. The van der Waals surface area contributed by atoms with Crippen molar-refractivity contribution in [3.63, 3.8) is 0 Å². The molecule has 0 radical (unpaired) electrons. The quantitative estimate of drug-likeness (QED) is 0.808. The Balaban J connectivity index is 0.000000249. The number of hydrogen-bond donors (Lipinski definition) is 2. The van der Waals surface area contributed by atoms with Crippen LogP contribution in [0, 0.1) is 0 Å². The van der Waals surface area contributed by atoms with Gasteiger partial charge in [0, 0.05) is 17.8 Å². The average molecular weight is 245 g/mol. The van der Waals surface area contributed by atoms with E-state index in [1.807, 2.05) is 24.3 Å². The van der Waals surface area contributed by atoms with Gasteiger partial charge >= 0.3 is 12.1 Å². The lowest BCUT2D eigenvalue weighted by Crippen LogP contribution is -1.95. The second-order valence-corrected chi connectivity index (χ2v) is 3.36. The zero-order valence-corrected chi connectivity index (χ0v) is 8.88. The van der Waals surface area contributed by atoms with Gasteiger partial charge in [-0.25, -0.2) is 4.79 Å². The van der Waals surface area contributed by atoms with Crippen molar-refractivity contribution in [2.24, 2.45) is 0 Å². The highest BCUT2D eigenvalue weighted by Gasteiger charge is 2.15. The number of halogens is 3. The average Bonchev–Trinajstić information content (AvgIpc) is 2.58. The maximum absolute atomic E-state index is 10.5. The minimum absolute atomic E-state index is 0.188. The third kappa shape index (κ3) is 4.58. The van der Waals surface area contributed by atoms with E-state index in [0.29, 0.717) is 0 Å². The van der Waals surface area contributed by atoms with Gasteiger partial charge in [0.05, 0.1) is 0 Å². The van der Waals surface area contributed by atoms with Gasteiger partial charge in [-0.3, -0.25) is 0 Å². The van der Waals surface area contributed by atoms with E-state index < -0.39 is 12.1 Å². The Kier molecular flexibility index (Phi) is 3.77. The Morgan fingerprint density at radius 3 is 2.29 bits per heavy atom. The van der Waals surface area contributed by atoms with E-state index in [1.54, 1.807) is 6.07 Å². The molecular formula is C11H10F3NO2. The number of aromatic nitrogens is 1. The van der Waals surface area contributed by atoms with Crippen LogP contribution in [0.1, 0.15) is 17.4 Å². The first-order valence-electron chi connectivity index (χ1n) is 4.65. The molecule has 0 spiro atoms. The fourth-order valence-corrected chi connectivity index (χ4v) is 1.19. The van der Waals surface area contributed by atoms with E-state index >= 15 is 0 Å². The van der Waals surface area contributed by atoms with E-state index in [0.717, 1.165) is 10.9 Å². The molecule has 0 fully saturated rings. The van der Waals surface area contributed by atoms with E-state index in [-0.39, 0.29) is 12.6 Å². The van der Waals surface area contributed by atoms with Gasteiger partial charge in [-0.15, -0.1) is 0 Å². The first kappa shape index (κ1) is 13.1. The van der Waals surface area contributed by atoms with Crippen LogP contribution in [0.15, 0.2) is 30.3 Å². The van der Waals surface area contributed by atoms with Gasteiger partial charge in [0.2, 0.25) is 0 Å². The largest absolute Gasteiger partial charge is 0.477 e. The molecule has 92 valence electrons. The molecule has 0 saturated carbocycles. The lowest BCUT2D eigenvalue weighted by Gasteiger charge is -1.88. The van der Waals surface area contributed by atoms with Gasteiger partial charge in [0.1, 0.15) is 5.69 Å². The minimum atomic E-state index is -4.00. The highest BCUT2D eigenvalue weighted by atomic mass is 19.4. The van der Waals surface area contributed by atoms with Crippen LogP contribution in [0.4, 0.5) is 13.2 Å². The molecule has 1 heterocycles. The maximum atomic E-state index is 10.5. The zero-order chi connectivity index (χ0) is 13.1. The van der Waals surface area contributed by atoms with Crippen molar-refractivity contribution in [2.75, 3.05) is 0 Å². The first-order chi connectivity index (χ1) is 7.77. The summed E-state index contributed by atoms with van der Waals surface area (Å²) in [6.07, 6.45) is -4.00. The Hall–Kier alpha value is -1.98. The van der Waals surface area contributed by atoms with Crippen LogP contribution in [0.25, 0.3) is 10.9 Å². The lowest BCUT2D eigenvalue weighted by atomic mass is 10.2. The Morgan fingerprint density at radius 2 is 1.82 bits per heavy atom. The SMILES string of the molecule is CC(F)(F)F.O=C(O)c1cc2ccccc2[nH]1. The third-order valence-electron chi connectivity index (χ3n) is 1.76. The molecule has 2 rings (SSSR count). The number of rotatable bonds is 1. The number of nitrogens with one attached hydrogen (secondary N) is 1. The number of carboxylic acids is 1. The Bertz CT molecular complexity index is 478. The number of carbonyl (C=O) groups is 1. The number of hydrogen-bond acceptors (Lipinski definition) is 1. The molecule has 2 aromatic rings. The summed E-state index contributed by atoms with van der Waals surface area (Å²) in [5.74, 6) is -0.925. The van der Waals surface area contributed by atoms with Gasteiger partial charge in [-0.2, -0.15) is 13.2 Å². The molecule has 0 aliphatic carbocycles. The molecule has 0 bridgehead atoms. The second kappa shape index (κ2) is 4.90. The van der Waals surface area contributed by atoms with Crippen molar-refractivity contribution in [3.05, 3.63) is 36.0 Å². The van der Waals surface area contributed by atoms with E-state index in [1.165, 1.54) is 0 Å². The molecule has 0 amide bonds. The molecule has 0 atom stereocenters. The van der Waals surface area contributed by atoms with E-state index in [9.17, 15) is 18.0 Å². The number of para-hydroxylation sites is 1. The third-order valence-corrected chi connectivity index (χ3v) is 1.76. The molecule has 0 saturated heterocycles. The van der Waals surface area contributed by atoms with Crippen LogP contribution in [0.5, 0.6) is 0 Å². The molecule has 1 aromatic heterocycles. The second-order valence-electron chi connectivity index (χ2n) is 3.36. The zero-order valence-electron chi connectivity index (χ0n) is 8.88. The fourth-order valence-electron chi connectivity index (χ4n) is 1.19. The van der Waals surface area contributed by atoms with Crippen LogP contribution in [0.2, 0.25) is 0 Å². The summed E-state index contributed by atoms with van der Waals surface area (Å²) in [6, 6.07) is 9.09. The maximum Gasteiger partial charge on any atom is 0.386 e. The summed E-state index contributed by atoms with van der Waals surface area (Å²) in [7, 11) is 0. The number of benzene rings is 1. The topological polar surface area (TPSA) is 53.1 Å². The van der Waals surface area contributed by atoms with Gasteiger partial charge in [-0.1, -0.05) is 18.2 Å². The van der Waals surface area contributed by atoms with Crippen molar-refractivity contribution in [3.8, 4) is 0 Å². The van der Waals surface area contributed by atoms with Crippen molar-refractivity contribution in [2.45, 2.75) is 13.1 Å². The summed E-state index contributed by atoms with van der Waals surface area (Å²) in [5, 5.41) is 9.58. The van der Waals surface area contributed by atoms with E-state index in [2.05, 4.69) is 4.98 Å². The lowest BCUT2D eigenvalue weighted by molar-refractivity contribution is -0.110. The predicted molar refractivity (Wildman–Crippen MR) is 57.0 cm³/mol. The predicted octanol–water partition coefficient (Wildman–Crippen LogP) is 3.43. The molecule has 0 unspecified atom stereocenters. The molecular weight excluding hydrogens is 235 g/mol. The number of carboxylic acid groups (broad SMARTS) is 1. The number of aromatic amines is 1. The molecule has 0 aliphatic rings. The van der Waals surface area contributed by atoms with Crippen LogP contribution in [-0.2, 0) is 0 Å². The van der Waals surface area contributed by atoms with E-state index in [4.69, 9.17) is 5.11 Å². The first-order valence-corrected chi connectivity index (χ1v) is 4.65. The number of aromatic carboxylic acids is 1. The van der Waals surface area contributed by atoms with Crippen LogP contribution < -0.4 is 0 Å². The standard InChI is InChI=1S/C9H7NO2.C2H3F3/c11-9(12)8-5-6-3-1-2-4-7(6)10-8;1-2(3,4)5/h1-5,10H,(H,11,12);1H3. The Labute approximate surface area is 94.9 Å². The molecule has 6 heteroatoms. The highest BCUT2D eigenvalue weighted by Crippen LogP contribution is 2.14. The van der Waals surface area contributed by atoms with Crippen LogP contribution >= 0.6 is 0 Å². The number of fused-ring (bicyclic) bond motifs is 1. The summed E-state index contributed by atoms with van der Waals surface area (Å²) in [6.45, 7) is 0.188. The van der Waals surface area contributed by atoms with Gasteiger partial charge < -0.3 is 10.1 Å². The van der Waals surface area contributed by atoms with Crippen molar-refractivity contribution < 1.29 is 23.1 Å². The Morgan fingerprint density at radius 1 is 1.29 bits per heavy atom. The smallest absolute Gasteiger partial charge is 0.386 e. The van der Waals surface area contributed by atoms with Crippen molar-refractivity contribution in [1.82, 2.24) is 4.98 Å². The van der Waals surface area contributed by atoms with Gasteiger partial charge in [-0.05, 0) is 12.1 Å².